The Hall–Kier alpha value is -2.56. The quantitative estimate of drug-likeness (QED) is 0.782. The van der Waals surface area contributed by atoms with Gasteiger partial charge in [-0.05, 0) is 30.7 Å². The van der Waals surface area contributed by atoms with E-state index < -0.39 is 0 Å². The van der Waals surface area contributed by atoms with E-state index in [1.54, 1.807) is 16.8 Å². The van der Waals surface area contributed by atoms with Crippen molar-refractivity contribution in [2.75, 3.05) is 11.9 Å². The van der Waals surface area contributed by atoms with E-state index in [2.05, 4.69) is 17.2 Å². The number of benzene rings is 1. The Kier molecular flexibility index (Phi) is 3.73. The Bertz CT molecular complexity index is 804. The van der Waals surface area contributed by atoms with Crippen LogP contribution in [0.4, 0.5) is 5.69 Å². The minimum absolute atomic E-state index is 0.357. The molecule has 0 aliphatic carbocycles. The lowest BCUT2D eigenvalue weighted by atomic mass is 10.3. The number of nitrogens with one attached hydrogen (secondary N) is 1. The summed E-state index contributed by atoms with van der Waals surface area (Å²) in [6.07, 6.45) is 2.81. The van der Waals surface area contributed by atoms with Crippen LogP contribution in [0.25, 0.3) is 11.1 Å². The largest absolute Gasteiger partial charge is 0.420 e. The van der Waals surface area contributed by atoms with Gasteiger partial charge in [0, 0.05) is 18.4 Å². The molecule has 0 atom stereocenters. The van der Waals surface area contributed by atoms with Crippen molar-refractivity contribution < 1.29 is 4.42 Å². The maximum Gasteiger partial charge on any atom is 0.420 e. The topological polar surface area (TPSA) is 60.1 Å². The van der Waals surface area contributed by atoms with Crippen LogP contribution < -0.4 is 11.1 Å². The SMILES string of the molecule is CCCNc1ccnc(Cn2c(=O)oc3ccccc32)c1. The van der Waals surface area contributed by atoms with Gasteiger partial charge in [-0.2, -0.15) is 0 Å². The normalized spacial score (nSPS) is 10.9. The molecule has 0 saturated heterocycles. The highest BCUT2D eigenvalue weighted by molar-refractivity contribution is 5.72. The third-order valence-corrected chi connectivity index (χ3v) is 3.29. The van der Waals surface area contributed by atoms with E-state index in [0.29, 0.717) is 12.1 Å². The first-order chi connectivity index (χ1) is 10.3. The van der Waals surface area contributed by atoms with Gasteiger partial charge in [-0.1, -0.05) is 19.1 Å². The molecule has 1 aromatic carbocycles. The zero-order chi connectivity index (χ0) is 14.7. The maximum absolute atomic E-state index is 12.0. The Labute approximate surface area is 122 Å². The number of hydrogen-bond acceptors (Lipinski definition) is 4. The molecule has 2 aromatic heterocycles. The monoisotopic (exact) mass is 283 g/mol. The van der Waals surface area contributed by atoms with Gasteiger partial charge in [0.1, 0.15) is 0 Å². The summed E-state index contributed by atoms with van der Waals surface area (Å²) in [6, 6.07) is 11.3. The van der Waals surface area contributed by atoms with Crippen molar-refractivity contribution in [3.8, 4) is 0 Å². The van der Waals surface area contributed by atoms with Crippen LogP contribution >= 0.6 is 0 Å². The number of nitrogens with zero attached hydrogens (tertiary/aromatic N) is 2. The van der Waals surface area contributed by atoms with Gasteiger partial charge in [0.25, 0.3) is 0 Å². The first kappa shape index (κ1) is 13.4. The number of oxazole rings is 1. The number of anilines is 1. The Balaban J connectivity index is 1.92. The summed E-state index contributed by atoms with van der Waals surface area (Å²) >= 11 is 0. The molecule has 5 heteroatoms. The number of hydrogen-bond donors (Lipinski definition) is 1. The van der Waals surface area contributed by atoms with E-state index in [-0.39, 0.29) is 5.76 Å². The highest BCUT2D eigenvalue weighted by Crippen LogP contribution is 2.14. The predicted octanol–water partition coefficient (Wildman–Crippen LogP) is 2.86. The van der Waals surface area contributed by atoms with E-state index in [1.165, 1.54) is 0 Å². The Morgan fingerprint density at radius 1 is 1.29 bits per heavy atom. The van der Waals surface area contributed by atoms with Gasteiger partial charge in [-0.3, -0.25) is 9.55 Å². The van der Waals surface area contributed by atoms with Crippen molar-refractivity contribution in [1.29, 1.82) is 0 Å². The minimum atomic E-state index is -0.357. The van der Waals surface area contributed by atoms with Crippen molar-refractivity contribution in [2.45, 2.75) is 19.9 Å². The van der Waals surface area contributed by atoms with E-state index >= 15 is 0 Å². The van der Waals surface area contributed by atoms with Crippen LogP contribution in [0, 0.1) is 0 Å². The summed E-state index contributed by atoms with van der Waals surface area (Å²) in [7, 11) is 0. The lowest BCUT2D eigenvalue weighted by Gasteiger charge is -2.07. The first-order valence-electron chi connectivity index (χ1n) is 7.05. The molecule has 21 heavy (non-hydrogen) atoms. The Morgan fingerprint density at radius 3 is 3.00 bits per heavy atom. The van der Waals surface area contributed by atoms with Gasteiger partial charge in [0.05, 0.1) is 17.8 Å². The molecule has 0 saturated carbocycles. The van der Waals surface area contributed by atoms with Crippen molar-refractivity contribution in [3.05, 3.63) is 58.8 Å². The molecular weight excluding hydrogens is 266 g/mol. The van der Waals surface area contributed by atoms with Crippen LogP contribution in [0.5, 0.6) is 0 Å². The standard InChI is InChI=1S/C16H17N3O2/c1-2-8-17-12-7-9-18-13(10-12)11-19-14-5-3-4-6-15(14)21-16(19)20/h3-7,9-10H,2,8,11H2,1H3,(H,17,18). The van der Waals surface area contributed by atoms with Gasteiger partial charge in [0.15, 0.2) is 5.58 Å². The van der Waals surface area contributed by atoms with Crippen molar-refractivity contribution in [2.24, 2.45) is 0 Å². The summed E-state index contributed by atoms with van der Waals surface area (Å²) in [5.74, 6) is -0.357. The average molecular weight is 283 g/mol. The molecule has 0 aliphatic heterocycles. The second-order valence-electron chi connectivity index (χ2n) is 4.88. The summed E-state index contributed by atoms with van der Waals surface area (Å²) in [5, 5.41) is 3.32. The zero-order valence-corrected chi connectivity index (χ0v) is 11.9. The molecule has 5 nitrogen and oxygen atoms in total. The molecular formula is C16H17N3O2. The molecule has 2 heterocycles. The van der Waals surface area contributed by atoms with Crippen LogP contribution in [0.15, 0.2) is 51.8 Å². The fourth-order valence-corrected chi connectivity index (χ4v) is 2.27. The summed E-state index contributed by atoms with van der Waals surface area (Å²) in [5.41, 5.74) is 3.23. The molecule has 0 spiro atoms. The van der Waals surface area contributed by atoms with Crippen molar-refractivity contribution >= 4 is 16.8 Å². The van der Waals surface area contributed by atoms with Crippen LogP contribution in [-0.4, -0.2) is 16.1 Å². The third kappa shape index (κ3) is 2.81. The number of pyridine rings is 1. The van der Waals surface area contributed by atoms with E-state index in [1.807, 2.05) is 30.3 Å². The fraction of sp³-hybridized carbons (Fsp3) is 0.250. The van der Waals surface area contributed by atoms with Gasteiger partial charge in [-0.25, -0.2) is 4.79 Å². The maximum atomic E-state index is 12.0. The van der Waals surface area contributed by atoms with Crippen LogP contribution in [-0.2, 0) is 6.54 Å². The number of aromatic nitrogens is 2. The van der Waals surface area contributed by atoms with Crippen LogP contribution in [0.2, 0.25) is 0 Å². The second-order valence-corrected chi connectivity index (χ2v) is 4.88. The molecule has 3 aromatic rings. The minimum Gasteiger partial charge on any atom is -0.408 e. The number of fused-ring (bicyclic) bond motifs is 1. The van der Waals surface area contributed by atoms with Gasteiger partial charge >= 0.3 is 5.76 Å². The third-order valence-electron chi connectivity index (χ3n) is 3.29. The van der Waals surface area contributed by atoms with E-state index in [0.717, 1.165) is 29.9 Å². The summed E-state index contributed by atoms with van der Waals surface area (Å²) in [6.45, 7) is 3.43. The molecule has 3 rings (SSSR count). The van der Waals surface area contributed by atoms with E-state index in [4.69, 9.17) is 4.42 Å². The second kappa shape index (κ2) is 5.83. The van der Waals surface area contributed by atoms with Gasteiger partial charge in [-0.15, -0.1) is 0 Å². The predicted molar refractivity (Wildman–Crippen MR) is 82.6 cm³/mol. The first-order valence-corrected chi connectivity index (χ1v) is 7.05. The Morgan fingerprint density at radius 2 is 2.14 bits per heavy atom. The highest BCUT2D eigenvalue weighted by Gasteiger charge is 2.09. The molecule has 0 unspecified atom stereocenters. The molecule has 0 fully saturated rings. The summed E-state index contributed by atoms with van der Waals surface area (Å²) in [4.78, 5) is 16.3. The smallest absolute Gasteiger partial charge is 0.408 e. The van der Waals surface area contributed by atoms with Gasteiger partial charge < -0.3 is 9.73 Å². The molecule has 0 bridgehead atoms. The molecule has 0 amide bonds. The molecule has 108 valence electrons. The highest BCUT2D eigenvalue weighted by atomic mass is 16.4. The van der Waals surface area contributed by atoms with E-state index in [9.17, 15) is 4.79 Å². The zero-order valence-electron chi connectivity index (χ0n) is 11.9. The van der Waals surface area contributed by atoms with Crippen LogP contribution in [0.3, 0.4) is 0 Å². The lowest BCUT2D eigenvalue weighted by molar-refractivity contribution is 0.516. The average Bonchev–Trinajstić information content (AvgIpc) is 2.82. The van der Waals surface area contributed by atoms with Crippen LogP contribution in [0.1, 0.15) is 19.0 Å². The number of rotatable bonds is 5. The summed E-state index contributed by atoms with van der Waals surface area (Å²) < 4.78 is 6.83. The molecule has 1 N–H and O–H groups in total. The number of para-hydroxylation sites is 2. The molecule has 0 radical (unpaired) electrons. The lowest BCUT2D eigenvalue weighted by Crippen LogP contribution is -2.15. The fourth-order valence-electron chi connectivity index (χ4n) is 2.27. The molecule has 0 aliphatic rings. The van der Waals surface area contributed by atoms with Crippen molar-refractivity contribution in [3.63, 3.8) is 0 Å². The van der Waals surface area contributed by atoms with Crippen molar-refractivity contribution in [1.82, 2.24) is 9.55 Å². The van der Waals surface area contributed by atoms with Gasteiger partial charge in [0.2, 0.25) is 0 Å².